The van der Waals surface area contributed by atoms with Crippen LogP contribution in [0.15, 0.2) is 9.52 Å². The molecule has 1 aliphatic rings. The summed E-state index contributed by atoms with van der Waals surface area (Å²) in [6, 6.07) is 0. The zero-order valence-corrected chi connectivity index (χ0v) is 8.58. The van der Waals surface area contributed by atoms with Gasteiger partial charge in [0.2, 0.25) is 0 Å². The lowest BCUT2D eigenvalue weighted by Crippen LogP contribution is -2.02. The van der Waals surface area contributed by atoms with Gasteiger partial charge in [-0.05, 0) is 6.42 Å². The van der Waals surface area contributed by atoms with Crippen LogP contribution in [-0.4, -0.2) is 12.1 Å². The van der Waals surface area contributed by atoms with Crippen molar-refractivity contribution in [2.75, 3.05) is 0 Å². The summed E-state index contributed by atoms with van der Waals surface area (Å²) in [5.74, 6) is -0.307. The van der Waals surface area contributed by atoms with Crippen LogP contribution in [-0.2, 0) is 9.53 Å². The standard InChI is InChI=1S/C7H7Cl3O2/c1-3(11)12-5-2-4(5)6(8)7(9)10/h4-5H,2H2,1H3/t4-,5+/m1/s1. The van der Waals surface area contributed by atoms with Crippen molar-refractivity contribution in [2.24, 2.45) is 5.92 Å². The quantitative estimate of drug-likeness (QED) is 0.681. The van der Waals surface area contributed by atoms with Gasteiger partial charge in [0.15, 0.2) is 0 Å². The second-order valence-corrected chi connectivity index (χ2v) is 3.96. The van der Waals surface area contributed by atoms with E-state index in [1.807, 2.05) is 0 Å². The first-order valence-corrected chi connectivity index (χ1v) is 4.53. The molecule has 0 aromatic rings. The highest BCUT2D eigenvalue weighted by Crippen LogP contribution is 2.44. The predicted octanol–water partition coefficient (Wildman–Crippen LogP) is 2.82. The number of carbonyl (C=O) groups is 1. The molecule has 0 aliphatic heterocycles. The number of hydrogen-bond donors (Lipinski definition) is 0. The summed E-state index contributed by atoms with van der Waals surface area (Å²) in [5, 5.41) is 0.379. The summed E-state index contributed by atoms with van der Waals surface area (Å²) in [7, 11) is 0. The van der Waals surface area contributed by atoms with Gasteiger partial charge in [0.05, 0.1) is 5.03 Å². The van der Waals surface area contributed by atoms with E-state index in [4.69, 9.17) is 39.5 Å². The highest BCUT2D eigenvalue weighted by atomic mass is 35.5. The van der Waals surface area contributed by atoms with Gasteiger partial charge in [-0.2, -0.15) is 0 Å². The van der Waals surface area contributed by atoms with Crippen molar-refractivity contribution in [1.82, 2.24) is 0 Å². The monoisotopic (exact) mass is 228 g/mol. The van der Waals surface area contributed by atoms with E-state index in [0.29, 0.717) is 11.5 Å². The van der Waals surface area contributed by atoms with E-state index >= 15 is 0 Å². The van der Waals surface area contributed by atoms with Gasteiger partial charge in [-0.1, -0.05) is 34.8 Å². The van der Waals surface area contributed by atoms with E-state index in [1.54, 1.807) is 0 Å². The van der Waals surface area contributed by atoms with Crippen LogP contribution in [0.2, 0.25) is 0 Å². The Hall–Kier alpha value is 0.0800. The largest absolute Gasteiger partial charge is 0.462 e. The van der Waals surface area contributed by atoms with E-state index in [9.17, 15) is 4.79 Å². The van der Waals surface area contributed by atoms with Crippen LogP contribution in [0.1, 0.15) is 13.3 Å². The van der Waals surface area contributed by atoms with Gasteiger partial charge in [0.1, 0.15) is 10.6 Å². The Morgan fingerprint density at radius 3 is 2.42 bits per heavy atom. The Kier molecular flexibility index (Phi) is 3.27. The molecule has 0 radical (unpaired) electrons. The first-order valence-electron chi connectivity index (χ1n) is 3.40. The van der Waals surface area contributed by atoms with Gasteiger partial charge in [0, 0.05) is 12.8 Å². The third kappa shape index (κ3) is 2.54. The lowest BCUT2D eigenvalue weighted by Gasteiger charge is -1.99. The molecule has 0 N–H and O–H groups in total. The Morgan fingerprint density at radius 1 is 1.42 bits per heavy atom. The molecule has 1 rings (SSSR count). The topological polar surface area (TPSA) is 26.3 Å². The third-order valence-electron chi connectivity index (χ3n) is 1.56. The van der Waals surface area contributed by atoms with E-state index in [-0.39, 0.29) is 22.5 Å². The van der Waals surface area contributed by atoms with Crippen LogP contribution in [0.5, 0.6) is 0 Å². The number of halogens is 3. The van der Waals surface area contributed by atoms with Crippen molar-refractivity contribution in [1.29, 1.82) is 0 Å². The lowest BCUT2D eigenvalue weighted by atomic mass is 10.4. The van der Waals surface area contributed by atoms with E-state index in [1.165, 1.54) is 6.92 Å². The fourth-order valence-electron chi connectivity index (χ4n) is 0.922. The molecule has 0 amide bonds. The van der Waals surface area contributed by atoms with Crippen LogP contribution in [0.4, 0.5) is 0 Å². The fourth-order valence-corrected chi connectivity index (χ4v) is 1.43. The third-order valence-corrected chi connectivity index (χ3v) is 2.63. The maximum Gasteiger partial charge on any atom is 0.302 e. The molecule has 2 atom stereocenters. The molecule has 1 aliphatic carbocycles. The number of esters is 1. The maximum atomic E-state index is 10.5. The van der Waals surface area contributed by atoms with Crippen molar-refractivity contribution >= 4 is 40.8 Å². The Bertz CT molecular complexity index is 233. The minimum absolute atomic E-state index is 0.000525. The van der Waals surface area contributed by atoms with Gasteiger partial charge in [-0.15, -0.1) is 0 Å². The van der Waals surface area contributed by atoms with E-state index in [0.717, 1.165) is 0 Å². The van der Waals surface area contributed by atoms with E-state index in [2.05, 4.69) is 0 Å². The first kappa shape index (κ1) is 10.2. The number of ether oxygens (including phenoxy) is 1. The van der Waals surface area contributed by atoms with Crippen LogP contribution in [0, 0.1) is 5.92 Å². The average molecular weight is 229 g/mol. The summed E-state index contributed by atoms with van der Waals surface area (Å²) in [6.07, 6.45) is 0.573. The van der Waals surface area contributed by atoms with Crippen LogP contribution < -0.4 is 0 Å². The molecule has 0 saturated heterocycles. The molecule has 2 nitrogen and oxygen atoms in total. The minimum Gasteiger partial charge on any atom is -0.462 e. The molecule has 1 saturated carbocycles. The molecule has 0 bridgehead atoms. The van der Waals surface area contributed by atoms with E-state index < -0.39 is 0 Å². The molecule has 68 valence electrons. The van der Waals surface area contributed by atoms with Crippen molar-refractivity contribution in [3.63, 3.8) is 0 Å². The molecule has 0 heterocycles. The van der Waals surface area contributed by atoms with Gasteiger partial charge in [-0.25, -0.2) is 0 Å². The second-order valence-electron chi connectivity index (χ2n) is 2.60. The van der Waals surface area contributed by atoms with Gasteiger partial charge >= 0.3 is 5.97 Å². The summed E-state index contributed by atoms with van der Waals surface area (Å²) in [6.45, 7) is 1.36. The second kappa shape index (κ2) is 3.86. The Balaban J connectivity index is 2.43. The molecule has 1 fully saturated rings. The molecule has 0 unspecified atom stereocenters. The molecule has 0 aromatic carbocycles. The minimum atomic E-state index is -0.308. The highest BCUT2D eigenvalue weighted by Gasteiger charge is 2.43. The molecule has 0 aromatic heterocycles. The number of carbonyl (C=O) groups excluding carboxylic acids is 1. The van der Waals surface area contributed by atoms with Crippen molar-refractivity contribution < 1.29 is 9.53 Å². The highest BCUT2D eigenvalue weighted by molar-refractivity contribution is 6.59. The van der Waals surface area contributed by atoms with Crippen molar-refractivity contribution in [2.45, 2.75) is 19.4 Å². The van der Waals surface area contributed by atoms with Crippen molar-refractivity contribution in [3.05, 3.63) is 9.52 Å². The molecule has 5 heteroatoms. The zero-order valence-electron chi connectivity index (χ0n) is 6.31. The lowest BCUT2D eigenvalue weighted by molar-refractivity contribution is -0.142. The Labute approximate surface area is 85.4 Å². The number of rotatable bonds is 2. The average Bonchev–Trinajstić information content (AvgIpc) is 2.64. The predicted molar refractivity (Wildman–Crippen MR) is 48.2 cm³/mol. The van der Waals surface area contributed by atoms with Gasteiger partial charge in [-0.3, -0.25) is 4.79 Å². The van der Waals surface area contributed by atoms with Crippen LogP contribution in [0.3, 0.4) is 0 Å². The van der Waals surface area contributed by atoms with Crippen LogP contribution in [0.25, 0.3) is 0 Å². The molecular formula is C7H7Cl3O2. The van der Waals surface area contributed by atoms with Crippen LogP contribution >= 0.6 is 34.8 Å². The molecule has 12 heavy (non-hydrogen) atoms. The first-order chi connectivity index (χ1) is 5.52. The summed E-state index contributed by atoms with van der Waals surface area (Å²) >= 11 is 16.6. The summed E-state index contributed by atoms with van der Waals surface area (Å²) in [4.78, 5) is 10.5. The zero-order chi connectivity index (χ0) is 9.30. The maximum absolute atomic E-state index is 10.5. The summed E-state index contributed by atoms with van der Waals surface area (Å²) < 4.78 is 4.92. The molecular weight excluding hydrogens is 222 g/mol. The van der Waals surface area contributed by atoms with Gasteiger partial charge in [0.25, 0.3) is 0 Å². The fraction of sp³-hybridized carbons (Fsp3) is 0.571. The molecule has 0 spiro atoms. The normalized spacial score (nSPS) is 26.3. The Morgan fingerprint density at radius 2 is 2.00 bits per heavy atom. The number of hydrogen-bond acceptors (Lipinski definition) is 2. The van der Waals surface area contributed by atoms with Gasteiger partial charge < -0.3 is 4.74 Å². The SMILES string of the molecule is CC(=O)O[C@H]1C[C@H]1C(Cl)=C(Cl)Cl. The summed E-state index contributed by atoms with van der Waals surface area (Å²) in [5.41, 5.74) is 0. The smallest absolute Gasteiger partial charge is 0.302 e. The van der Waals surface area contributed by atoms with Crippen molar-refractivity contribution in [3.8, 4) is 0 Å².